The molecule has 0 aliphatic rings. The Morgan fingerprint density at radius 1 is 1.44 bits per heavy atom. The smallest absolute Gasteiger partial charge is 0.165 e. The van der Waals surface area contributed by atoms with Gasteiger partial charge in [-0.3, -0.25) is 0 Å². The van der Waals surface area contributed by atoms with Crippen molar-refractivity contribution in [3.8, 4) is 11.8 Å². The van der Waals surface area contributed by atoms with Crippen LogP contribution in [0.2, 0.25) is 0 Å². The molecule has 1 rings (SSSR count). The van der Waals surface area contributed by atoms with E-state index in [1.807, 2.05) is 13.8 Å². The van der Waals surface area contributed by atoms with E-state index in [-0.39, 0.29) is 11.6 Å². The molecule has 0 aliphatic carbocycles. The summed E-state index contributed by atoms with van der Waals surface area (Å²) < 4.78 is 19.0. The average Bonchev–Trinajstić information content (AvgIpc) is 2.32. The summed E-state index contributed by atoms with van der Waals surface area (Å²) in [5.41, 5.74) is 5.82. The molecule has 0 unspecified atom stereocenters. The maximum Gasteiger partial charge on any atom is 0.165 e. The third-order valence-corrected chi connectivity index (χ3v) is 2.72. The van der Waals surface area contributed by atoms with E-state index >= 15 is 0 Å². The van der Waals surface area contributed by atoms with Gasteiger partial charge in [-0.05, 0) is 50.9 Å². The average molecular weight is 250 g/mol. The predicted molar refractivity (Wildman–Crippen MR) is 68.7 cm³/mol. The van der Waals surface area contributed by atoms with Crippen molar-refractivity contribution in [1.82, 2.24) is 0 Å². The van der Waals surface area contributed by atoms with Gasteiger partial charge in [0.25, 0.3) is 0 Å². The van der Waals surface area contributed by atoms with Crippen LogP contribution < -0.4 is 10.5 Å². The third-order valence-electron chi connectivity index (χ3n) is 2.72. The van der Waals surface area contributed by atoms with Crippen LogP contribution in [0.25, 0.3) is 0 Å². The molecule has 0 amide bonds. The summed E-state index contributed by atoms with van der Waals surface area (Å²) in [5.74, 6) is -0.153. The topological polar surface area (TPSA) is 59.0 Å². The molecule has 1 aromatic rings. The first-order valence-corrected chi connectivity index (χ1v) is 6.01. The second-order valence-electron chi connectivity index (χ2n) is 4.90. The highest BCUT2D eigenvalue weighted by Crippen LogP contribution is 2.22. The Labute approximate surface area is 107 Å². The lowest BCUT2D eigenvalue weighted by atomic mass is 9.92. The molecule has 3 nitrogen and oxygen atoms in total. The number of rotatable bonds is 6. The summed E-state index contributed by atoms with van der Waals surface area (Å²) in [4.78, 5) is 0. The van der Waals surface area contributed by atoms with Crippen LogP contribution in [0.15, 0.2) is 18.2 Å². The highest BCUT2D eigenvalue weighted by molar-refractivity contribution is 5.29. The number of nitriles is 1. The Morgan fingerprint density at radius 2 is 2.17 bits per heavy atom. The number of halogens is 1. The summed E-state index contributed by atoms with van der Waals surface area (Å²) in [6.07, 6.45) is 1.21. The Bertz CT molecular complexity index is 438. The number of nitrogens with two attached hydrogens (primary N) is 1. The summed E-state index contributed by atoms with van der Waals surface area (Å²) in [6, 6.07) is 7.04. The van der Waals surface area contributed by atoms with E-state index in [4.69, 9.17) is 15.7 Å². The maximum absolute atomic E-state index is 13.6. The van der Waals surface area contributed by atoms with Crippen molar-refractivity contribution in [2.24, 2.45) is 11.1 Å². The zero-order valence-corrected chi connectivity index (χ0v) is 10.9. The van der Waals surface area contributed by atoms with Gasteiger partial charge in [0.15, 0.2) is 11.6 Å². The third kappa shape index (κ3) is 4.34. The Hall–Kier alpha value is -1.60. The van der Waals surface area contributed by atoms with Crippen molar-refractivity contribution in [3.63, 3.8) is 0 Å². The summed E-state index contributed by atoms with van der Waals surface area (Å²) in [6.45, 7) is 4.48. The van der Waals surface area contributed by atoms with Gasteiger partial charge in [-0.1, -0.05) is 6.07 Å². The molecule has 0 spiro atoms. The van der Waals surface area contributed by atoms with Crippen LogP contribution in [-0.2, 0) is 6.42 Å². The molecule has 0 saturated carbocycles. The highest BCUT2D eigenvalue weighted by atomic mass is 19.1. The summed E-state index contributed by atoms with van der Waals surface area (Å²) >= 11 is 0. The number of benzene rings is 1. The lowest BCUT2D eigenvalue weighted by molar-refractivity contribution is 0.254. The lowest BCUT2D eigenvalue weighted by Gasteiger charge is -2.15. The van der Waals surface area contributed by atoms with Gasteiger partial charge >= 0.3 is 0 Å². The minimum Gasteiger partial charge on any atom is -0.490 e. The minimum atomic E-state index is -0.448. The van der Waals surface area contributed by atoms with Crippen molar-refractivity contribution in [2.75, 3.05) is 13.2 Å². The van der Waals surface area contributed by atoms with Gasteiger partial charge in [-0.2, -0.15) is 5.26 Å². The van der Waals surface area contributed by atoms with Gasteiger partial charge < -0.3 is 10.5 Å². The van der Waals surface area contributed by atoms with Gasteiger partial charge in [0.05, 0.1) is 18.1 Å². The molecule has 18 heavy (non-hydrogen) atoms. The second kappa shape index (κ2) is 6.36. The summed E-state index contributed by atoms with van der Waals surface area (Å²) in [5, 5.41) is 8.85. The van der Waals surface area contributed by atoms with E-state index in [9.17, 15) is 4.39 Å². The van der Waals surface area contributed by atoms with Crippen LogP contribution in [0.5, 0.6) is 5.75 Å². The van der Waals surface area contributed by atoms with Crippen LogP contribution in [0.4, 0.5) is 4.39 Å². The molecule has 0 radical (unpaired) electrons. The number of hydrogen-bond acceptors (Lipinski definition) is 3. The molecule has 2 N–H and O–H groups in total. The molecule has 0 heterocycles. The molecule has 4 heteroatoms. The van der Waals surface area contributed by atoms with Crippen LogP contribution in [0.1, 0.15) is 25.8 Å². The van der Waals surface area contributed by atoms with Crippen LogP contribution >= 0.6 is 0 Å². The number of nitrogens with zero attached hydrogens (tertiary/aromatic N) is 1. The molecule has 98 valence electrons. The van der Waals surface area contributed by atoms with Gasteiger partial charge in [0.2, 0.25) is 0 Å². The van der Waals surface area contributed by atoms with Crippen molar-refractivity contribution in [2.45, 2.75) is 26.7 Å². The fraction of sp³-hybridized carbons (Fsp3) is 0.500. The first-order chi connectivity index (χ1) is 8.48. The van der Waals surface area contributed by atoms with Crippen molar-refractivity contribution in [3.05, 3.63) is 29.6 Å². The van der Waals surface area contributed by atoms with E-state index in [2.05, 4.69) is 6.07 Å². The van der Waals surface area contributed by atoms with E-state index in [1.54, 1.807) is 12.1 Å². The van der Waals surface area contributed by atoms with Crippen LogP contribution in [0.3, 0.4) is 0 Å². The van der Waals surface area contributed by atoms with Crippen molar-refractivity contribution >= 4 is 0 Å². The second-order valence-corrected chi connectivity index (χ2v) is 4.90. The SMILES string of the molecule is CC(C)(C#N)CCOc1ccc(CCN)cc1F. The largest absolute Gasteiger partial charge is 0.490 e. The lowest BCUT2D eigenvalue weighted by Crippen LogP contribution is -2.13. The van der Waals surface area contributed by atoms with Crippen LogP contribution in [0, 0.1) is 22.6 Å². The number of ether oxygens (including phenoxy) is 1. The Morgan fingerprint density at radius 3 is 2.72 bits per heavy atom. The van der Waals surface area contributed by atoms with Gasteiger partial charge in [-0.25, -0.2) is 4.39 Å². The Kier molecular flexibility index (Phi) is 5.11. The fourth-order valence-electron chi connectivity index (χ4n) is 1.46. The molecule has 0 aliphatic heterocycles. The molecule has 1 aromatic carbocycles. The predicted octanol–water partition coefficient (Wildman–Crippen LogP) is 2.65. The Balaban J connectivity index is 2.56. The van der Waals surface area contributed by atoms with E-state index in [0.717, 1.165) is 5.56 Å². The van der Waals surface area contributed by atoms with E-state index < -0.39 is 5.41 Å². The zero-order chi connectivity index (χ0) is 13.6. The van der Waals surface area contributed by atoms with Gasteiger partial charge in [0.1, 0.15) is 0 Å². The van der Waals surface area contributed by atoms with Crippen LogP contribution in [-0.4, -0.2) is 13.2 Å². The standard InChI is InChI=1S/C14H19FN2O/c1-14(2,10-17)6-8-18-13-4-3-11(5-7-16)9-12(13)15/h3-4,9H,5-8,16H2,1-2H3. The monoisotopic (exact) mass is 250 g/mol. The first-order valence-electron chi connectivity index (χ1n) is 6.01. The fourth-order valence-corrected chi connectivity index (χ4v) is 1.46. The van der Waals surface area contributed by atoms with Crippen molar-refractivity contribution in [1.29, 1.82) is 5.26 Å². The normalized spacial score (nSPS) is 11.1. The first kappa shape index (κ1) is 14.5. The molecular formula is C14H19FN2O. The molecule has 0 saturated heterocycles. The quantitative estimate of drug-likeness (QED) is 0.844. The van der Waals surface area contributed by atoms with Crippen molar-refractivity contribution < 1.29 is 9.13 Å². The molecule has 0 aromatic heterocycles. The molecule has 0 fully saturated rings. The van der Waals surface area contributed by atoms with E-state index in [0.29, 0.717) is 26.0 Å². The summed E-state index contributed by atoms with van der Waals surface area (Å²) in [7, 11) is 0. The van der Waals surface area contributed by atoms with Gasteiger partial charge in [-0.15, -0.1) is 0 Å². The highest BCUT2D eigenvalue weighted by Gasteiger charge is 2.16. The molecule has 0 bridgehead atoms. The zero-order valence-electron chi connectivity index (χ0n) is 10.9. The van der Waals surface area contributed by atoms with E-state index in [1.165, 1.54) is 6.07 Å². The molecular weight excluding hydrogens is 231 g/mol. The maximum atomic E-state index is 13.6. The molecule has 0 atom stereocenters. The minimum absolute atomic E-state index is 0.226. The number of hydrogen-bond donors (Lipinski definition) is 1. The van der Waals surface area contributed by atoms with Gasteiger partial charge in [0, 0.05) is 0 Å².